The molecular weight excluding hydrogens is 158 g/mol. The fraction of sp³-hybridized carbons (Fsp3) is 0.750. The van der Waals surface area contributed by atoms with Crippen molar-refractivity contribution >= 4 is 6.21 Å². The van der Waals surface area contributed by atoms with Gasteiger partial charge in [0.1, 0.15) is 0 Å². The summed E-state index contributed by atoms with van der Waals surface area (Å²) in [5.74, 6) is 1.77. The highest BCUT2D eigenvalue weighted by Crippen LogP contribution is 2.37. The third-order valence-electron chi connectivity index (χ3n) is 3.43. The molecular formula is C12H19N. The zero-order valence-electron chi connectivity index (χ0n) is 8.71. The van der Waals surface area contributed by atoms with Gasteiger partial charge in [0.2, 0.25) is 0 Å². The minimum atomic E-state index is 0.847. The van der Waals surface area contributed by atoms with Crippen molar-refractivity contribution in [1.29, 1.82) is 0 Å². The molecule has 0 aromatic rings. The number of nitrogens with zero attached hydrogens (tertiary/aromatic N) is 1. The fourth-order valence-electron chi connectivity index (χ4n) is 2.42. The number of aliphatic imine (C=N–C) groups is 1. The van der Waals surface area contributed by atoms with Crippen LogP contribution >= 0.6 is 0 Å². The molecule has 1 aliphatic carbocycles. The van der Waals surface area contributed by atoms with E-state index in [0.29, 0.717) is 0 Å². The van der Waals surface area contributed by atoms with Gasteiger partial charge in [0.05, 0.1) is 0 Å². The number of hydrogen-bond donors (Lipinski definition) is 0. The molecule has 0 saturated heterocycles. The predicted molar refractivity (Wildman–Crippen MR) is 56.9 cm³/mol. The largest absolute Gasteiger partial charge is 0.266 e. The normalized spacial score (nSPS) is 28.1. The van der Waals surface area contributed by atoms with Crippen molar-refractivity contribution in [2.24, 2.45) is 16.8 Å². The molecule has 1 unspecified atom stereocenters. The Bertz CT molecular complexity index is 248. The number of rotatable bonds is 1. The number of hydrogen-bond acceptors (Lipinski definition) is 1. The first-order valence-electron chi connectivity index (χ1n) is 5.51. The number of allylic oxidation sites excluding steroid dienone is 2. The Labute approximate surface area is 80.9 Å². The second-order valence-corrected chi connectivity index (χ2v) is 4.65. The van der Waals surface area contributed by atoms with Crippen LogP contribution in [0.4, 0.5) is 0 Å². The lowest BCUT2D eigenvalue weighted by Gasteiger charge is -2.29. The summed E-state index contributed by atoms with van der Waals surface area (Å²) in [5.41, 5.74) is 3.08. The van der Waals surface area contributed by atoms with E-state index in [1.807, 2.05) is 0 Å². The first kappa shape index (κ1) is 8.98. The lowest BCUT2D eigenvalue weighted by atomic mass is 9.78. The Morgan fingerprint density at radius 2 is 2.23 bits per heavy atom. The molecule has 0 fully saturated rings. The van der Waals surface area contributed by atoms with Gasteiger partial charge in [-0.05, 0) is 49.5 Å². The summed E-state index contributed by atoms with van der Waals surface area (Å²) in [6, 6.07) is 0. The Morgan fingerprint density at radius 1 is 1.38 bits per heavy atom. The molecule has 0 bridgehead atoms. The van der Waals surface area contributed by atoms with E-state index in [-0.39, 0.29) is 0 Å². The van der Waals surface area contributed by atoms with Gasteiger partial charge in [-0.2, -0.15) is 0 Å². The summed E-state index contributed by atoms with van der Waals surface area (Å²) in [4.78, 5) is 4.50. The molecule has 0 aromatic carbocycles. The SMILES string of the molecule is CC(C)C1CCC2=C(CCC=N2)C1. The van der Waals surface area contributed by atoms with Crippen molar-refractivity contribution < 1.29 is 0 Å². The van der Waals surface area contributed by atoms with E-state index in [9.17, 15) is 0 Å². The van der Waals surface area contributed by atoms with Crippen molar-refractivity contribution in [3.8, 4) is 0 Å². The van der Waals surface area contributed by atoms with E-state index in [2.05, 4.69) is 25.1 Å². The van der Waals surface area contributed by atoms with Crippen LogP contribution in [-0.2, 0) is 0 Å². The maximum atomic E-state index is 4.50. The van der Waals surface area contributed by atoms with Gasteiger partial charge in [0.15, 0.2) is 0 Å². The van der Waals surface area contributed by atoms with E-state index in [1.54, 1.807) is 5.57 Å². The fourth-order valence-corrected chi connectivity index (χ4v) is 2.42. The Balaban J connectivity index is 2.10. The molecule has 0 saturated carbocycles. The van der Waals surface area contributed by atoms with Gasteiger partial charge in [-0.15, -0.1) is 0 Å². The summed E-state index contributed by atoms with van der Waals surface area (Å²) >= 11 is 0. The Morgan fingerprint density at radius 3 is 3.00 bits per heavy atom. The molecule has 72 valence electrons. The maximum Gasteiger partial charge on any atom is 0.0392 e. The van der Waals surface area contributed by atoms with E-state index >= 15 is 0 Å². The molecule has 0 radical (unpaired) electrons. The second kappa shape index (κ2) is 3.65. The standard InChI is InChI=1S/C12H19N/c1-9(2)10-5-6-12-11(8-10)4-3-7-13-12/h7,9-10H,3-6,8H2,1-2H3. The maximum absolute atomic E-state index is 4.50. The monoisotopic (exact) mass is 177 g/mol. The first-order chi connectivity index (χ1) is 6.27. The second-order valence-electron chi connectivity index (χ2n) is 4.65. The van der Waals surface area contributed by atoms with Crippen LogP contribution in [0.25, 0.3) is 0 Å². The quantitative estimate of drug-likeness (QED) is 0.580. The molecule has 0 aromatic heterocycles. The summed E-state index contributed by atoms with van der Waals surface area (Å²) in [7, 11) is 0. The molecule has 0 N–H and O–H groups in total. The third-order valence-corrected chi connectivity index (χ3v) is 3.43. The molecule has 1 aliphatic heterocycles. The molecule has 2 rings (SSSR count). The topological polar surface area (TPSA) is 12.4 Å². The van der Waals surface area contributed by atoms with Crippen LogP contribution in [0, 0.1) is 11.8 Å². The van der Waals surface area contributed by atoms with Crippen molar-refractivity contribution in [3.05, 3.63) is 11.3 Å². The van der Waals surface area contributed by atoms with Gasteiger partial charge in [-0.3, -0.25) is 4.99 Å². The molecule has 2 aliphatic rings. The molecule has 1 nitrogen and oxygen atoms in total. The van der Waals surface area contributed by atoms with Gasteiger partial charge in [-0.1, -0.05) is 13.8 Å². The van der Waals surface area contributed by atoms with Gasteiger partial charge >= 0.3 is 0 Å². The van der Waals surface area contributed by atoms with Crippen LogP contribution in [0.5, 0.6) is 0 Å². The Hall–Kier alpha value is -0.590. The summed E-state index contributed by atoms with van der Waals surface area (Å²) in [6.45, 7) is 4.70. The molecule has 1 heteroatoms. The zero-order chi connectivity index (χ0) is 9.26. The van der Waals surface area contributed by atoms with Crippen LogP contribution in [0.15, 0.2) is 16.3 Å². The molecule has 0 amide bonds. The van der Waals surface area contributed by atoms with Crippen molar-refractivity contribution in [2.45, 2.75) is 46.0 Å². The predicted octanol–water partition coefficient (Wildman–Crippen LogP) is 3.56. The van der Waals surface area contributed by atoms with E-state index < -0.39 is 0 Å². The van der Waals surface area contributed by atoms with E-state index in [4.69, 9.17) is 0 Å². The molecule has 1 heterocycles. The van der Waals surface area contributed by atoms with Gasteiger partial charge in [-0.25, -0.2) is 0 Å². The molecule has 0 spiro atoms. The average Bonchev–Trinajstić information content (AvgIpc) is 2.17. The third kappa shape index (κ3) is 1.84. The highest BCUT2D eigenvalue weighted by Gasteiger charge is 2.23. The van der Waals surface area contributed by atoms with Gasteiger partial charge in [0.25, 0.3) is 0 Å². The van der Waals surface area contributed by atoms with Crippen LogP contribution in [0.2, 0.25) is 0 Å². The summed E-state index contributed by atoms with van der Waals surface area (Å²) in [6.07, 6.45) is 8.45. The van der Waals surface area contributed by atoms with E-state index in [0.717, 1.165) is 11.8 Å². The van der Waals surface area contributed by atoms with Crippen molar-refractivity contribution in [2.75, 3.05) is 0 Å². The van der Waals surface area contributed by atoms with Crippen LogP contribution < -0.4 is 0 Å². The minimum absolute atomic E-state index is 0.847. The lowest BCUT2D eigenvalue weighted by Crippen LogP contribution is -2.16. The summed E-state index contributed by atoms with van der Waals surface area (Å²) in [5, 5.41) is 0. The molecule has 13 heavy (non-hydrogen) atoms. The van der Waals surface area contributed by atoms with Gasteiger partial charge in [0, 0.05) is 11.9 Å². The van der Waals surface area contributed by atoms with Crippen molar-refractivity contribution in [1.82, 2.24) is 0 Å². The van der Waals surface area contributed by atoms with E-state index in [1.165, 1.54) is 37.8 Å². The summed E-state index contributed by atoms with van der Waals surface area (Å²) < 4.78 is 0. The van der Waals surface area contributed by atoms with Crippen LogP contribution in [0.3, 0.4) is 0 Å². The molecule has 1 atom stereocenters. The highest BCUT2D eigenvalue weighted by molar-refractivity contribution is 5.61. The minimum Gasteiger partial charge on any atom is -0.266 e. The lowest BCUT2D eigenvalue weighted by molar-refractivity contribution is 0.336. The van der Waals surface area contributed by atoms with Gasteiger partial charge < -0.3 is 0 Å². The zero-order valence-corrected chi connectivity index (χ0v) is 8.71. The van der Waals surface area contributed by atoms with Crippen molar-refractivity contribution in [3.63, 3.8) is 0 Å². The average molecular weight is 177 g/mol. The van der Waals surface area contributed by atoms with Crippen LogP contribution in [0.1, 0.15) is 46.0 Å². The smallest absolute Gasteiger partial charge is 0.0392 e. The first-order valence-corrected chi connectivity index (χ1v) is 5.51. The Kier molecular flexibility index (Phi) is 2.52. The van der Waals surface area contributed by atoms with Crippen LogP contribution in [-0.4, -0.2) is 6.21 Å². The highest BCUT2D eigenvalue weighted by atomic mass is 14.7.